The van der Waals surface area contributed by atoms with Gasteiger partial charge in [0.15, 0.2) is 0 Å². The Morgan fingerprint density at radius 1 is 1.32 bits per heavy atom. The van der Waals surface area contributed by atoms with Crippen LogP contribution in [0.15, 0.2) is 30.6 Å². The van der Waals surface area contributed by atoms with Crippen molar-refractivity contribution in [3.05, 3.63) is 52.4 Å². The lowest BCUT2D eigenvalue weighted by molar-refractivity contribution is -0.115. The maximum atomic E-state index is 12.2. The first-order valence-corrected chi connectivity index (χ1v) is 7.68. The largest absolute Gasteiger partial charge is 0.310 e. The third-order valence-corrected chi connectivity index (χ3v) is 3.65. The summed E-state index contributed by atoms with van der Waals surface area (Å²) in [5.41, 5.74) is 2.78. The lowest BCUT2D eigenvalue weighted by Crippen LogP contribution is -2.16. The molecule has 1 N–H and O–H groups in total. The normalized spacial score (nSPS) is 10.8. The first-order chi connectivity index (χ1) is 10.5. The highest BCUT2D eigenvalue weighted by Gasteiger charge is 2.11. The van der Waals surface area contributed by atoms with E-state index in [4.69, 9.17) is 11.6 Å². The first-order valence-electron chi connectivity index (χ1n) is 7.30. The number of hydrogen-bond acceptors (Lipinski definition) is 3. The van der Waals surface area contributed by atoms with Gasteiger partial charge in [0.2, 0.25) is 5.91 Å². The molecule has 116 valence electrons. The summed E-state index contributed by atoms with van der Waals surface area (Å²) >= 11 is 6.15. The monoisotopic (exact) mass is 317 g/mol. The fourth-order valence-corrected chi connectivity index (χ4v) is 2.52. The number of carbonyl (C=O) groups excluding carboxylic acids is 1. The van der Waals surface area contributed by atoms with Crippen molar-refractivity contribution in [1.29, 1.82) is 0 Å². The molecule has 0 atom stereocenters. The number of nitrogens with one attached hydrogen (secondary N) is 1. The van der Waals surface area contributed by atoms with Gasteiger partial charge in [0, 0.05) is 16.8 Å². The molecule has 1 amide bonds. The molecule has 0 bridgehead atoms. The summed E-state index contributed by atoms with van der Waals surface area (Å²) in [6, 6.07) is 7.43. The predicted molar refractivity (Wildman–Crippen MR) is 89.1 cm³/mol. The number of amides is 1. The number of aromatic nitrogens is 2. The molecule has 1 aromatic carbocycles. The molecule has 2 aromatic rings. The molecule has 0 saturated carbocycles. The van der Waals surface area contributed by atoms with E-state index in [2.05, 4.69) is 29.1 Å². The van der Waals surface area contributed by atoms with Gasteiger partial charge in [0.1, 0.15) is 12.1 Å². The highest BCUT2D eigenvalue weighted by atomic mass is 35.5. The summed E-state index contributed by atoms with van der Waals surface area (Å²) in [5, 5.41) is 3.42. The number of anilines is 1. The number of benzene rings is 1. The second kappa shape index (κ2) is 7.36. The molecule has 5 heteroatoms. The van der Waals surface area contributed by atoms with E-state index >= 15 is 0 Å². The van der Waals surface area contributed by atoms with Crippen molar-refractivity contribution >= 4 is 23.3 Å². The van der Waals surface area contributed by atoms with Crippen LogP contribution in [0.2, 0.25) is 5.02 Å². The Hall–Kier alpha value is -1.94. The molecule has 0 spiro atoms. The van der Waals surface area contributed by atoms with Crippen LogP contribution in [0, 0.1) is 12.8 Å². The summed E-state index contributed by atoms with van der Waals surface area (Å²) in [5.74, 6) is 0.898. The van der Waals surface area contributed by atoms with Crippen molar-refractivity contribution in [3.8, 4) is 0 Å². The van der Waals surface area contributed by atoms with Gasteiger partial charge in [-0.2, -0.15) is 0 Å². The Morgan fingerprint density at radius 2 is 2.09 bits per heavy atom. The molecular weight excluding hydrogens is 298 g/mol. The summed E-state index contributed by atoms with van der Waals surface area (Å²) in [7, 11) is 0. The van der Waals surface area contributed by atoms with Crippen LogP contribution in [0.5, 0.6) is 0 Å². The average Bonchev–Trinajstić information content (AvgIpc) is 2.42. The Bertz CT molecular complexity index is 650. The molecule has 4 nitrogen and oxygen atoms in total. The number of halogens is 1. The molecule has 1 aromatic heterocycles. The number of aryl methyl sites for hydroxylation is 1. The van der Waals surface area contributed by atoms with Crippen molar-refractivity contribution in [1.82, 2.24) is 9.97 Å². The number of nitrogens with zero attached hydrogens (tertiary/aromatic N) is 2. The molecule has 0 aliphatic heterocycles. The summed E-state index contributed by atoms with van der Waals surface area (Å²) in [4.78, 5) is 20.5. The van der Waals surface area contributed by atoms with E-state index in [9.17, 15) is 4.79 Å². The lowest BCUT2D eigenvalue weighted by atomic mass is 10.1. The number of carbonyl (C=O) groups is 1. The highest BCUT2D eigenvalue weighted by molar-refractivity contribution is 6.31. The van der Waals surface area contributed by atoms with Gasteiger partial charge in [-0.1, -0.05) is 37.6 Å². The zero-order valence-electron chi connectivity index (χ0n) is 13.1. The molecule has 0 saturated heterocycles. The minimum absolute atomic E-state index is 0.134. The van der Waals surface area contributed by atoms with Gasteiger partial charge in [0.05, 0.1) is 6.42 Å². The second-order valence-electron chi connectivity index (χ2n) is 5.75. The number of hydrogen-bond donors (Lipinski definition) is 1. The van der Waals surface area contributed by atoms with Gasteiger partial charge >= 0.3 is 0 Å². The first kappa shape index (κ1) is 16.4. The Kier molecular flexibility index (Phi) is 5.50. The minimum atomic E-state index is -0.134. The van der Waals surface area contributed by atoms with E-state index in [0.29, 0.717) is 16.8 Å². The molecule has 2 rings (SSSR count). The van der Waals surface area contributed by atoms with E-state index in [0.717, 1.165) is 23.2 Å². The molecule has 0 radical (unpaired) electrons. The van der Waals surface area contributed by atoms with Crippen molar-refractivity contribution in [3.63, 3.8) is 0 Å². The Balaban J connectivity index is 2.06. The predicted octanol–water partition coefficient (Wildman–Crippen LogP) is 3.82. The molecule has 0 fully saturated rings. The summed E-state index contributed by atoms with van der Waals surface area (Å²) < 4.78 is 0. The average molecular weight is 318 g/mol. The van der Waals surface area contributed by atoms with Gasteiger partial charge in [-0.15, -0.1) is 0 Å². The molecule has 0 aliphatic rings. The zero-order chi connectivity index (χ0) is 16.1. The highest BCUT2D eigenvalue weighted by Crippen LogP contribution is 2.20. The molecule has 0 aliphatic carbocycles. The van der Waals surface area contributed by atoms with Crippen LogP contribution in [0.4, 0.5) is 5.82 Å². The van der Waals surface area contributed by atoms with Crippen molar-refractivity contribution < 1.29 is 4.79 Å². The van der Waals surface area contributed by atoms with E-state index < -0.39 is 0 Å². The van der Waals surface area contributed by atoms with E-state index in [-0.39, 0.29) is 12.3 Å². The van der Waals surface area contributed by atoms with E-state index in [1.54, 1.807) is 6.07 Å². The topological polar surface area (TPSA) is 54.9 Å². The second-order valence-corrected chi connectivity index (χ2v) is 6.16. The van der Waals surface area contributed by atoms with Crippen LogP contribution in [-0.4, -0.2) is 15.9 Å². The molecule has 22 heavy (non-hydrogen) atoms. The third-order valence-electron chi connectivity index (χ3n) is 3.30. The quantitative estimate of drug-likeness (QED) is 0.912. The van der Waals surface area contributed by atoms with Gasteiger partial charge in [-0.3, -0.25) is 4.79 Å². The van der Waals surface area contributed by atoms with Crippen LogP contribution in [-0.2, 0) is 17.6 Å². The summed E-state index contributed by atoms with van der Waals surface area (Å²) in [6.45, 7) is 6.20. The SMILES string of the molecule is Cc1cccc(Cl)c1CC(=O)Nc1cc(CC(C)C)ncn1. The zero-order valence-corrected chi connectivity index (χ0v) is 13.8. The number of rotatable bonds is 5. The van der Waals surface area contributed by atoms with Gasteiger partial charge in [-0.05, 0) is 36.5 Å². The van der Waals surface area contributed by atoms with Crippen molar-refractivity contribution in [2.24, 2.45) is 5.92 Å². The summed E-state index contributed by atoms with van der Waals surface area (Å²) in [6.07, 6.45) is 2.57. The van der Waals surface area contributed by atoms with Gasteiger partial charge < -0.3 is 5.32 Å². The molecule has 1 heterocycles. The fourth-order valence-electron chi connectivity index (χ4n) is 2.23. The van der Waals surface area contributed by atoms with Crippen LogP contribution in [0.3, 0.4) is 0 Å². The Morgan fingerprint density at radius 3 is 2.77 bits per heavy atom. The Labute approximate surface area is 135 Å². The van der Waals surface area contributed by atoms with Crippen LogP contribution < -0.4 is 5.32 Å². The van der Waals surface area contributed by atoms with E-state index in [1.807, 2.05) is 25.1 Å². The van der Waals surface area contributed by atoms with Crippen LogP contribution in [0.1, 0.15) is 30.7 Å². The molecule has 0 unspecified atom stereocenters. The minimum Gasteiger partial charge on any atom is -0.310 e. The van der Waals surface area contributed by atoms with Gasteiger partial charge in [0.25, 0.3) is 0 Å². The molecular formula is C17H20ClN3O. The smallest absolute Gasteiger partial charge is 0.230 e. The van der Waals surface area contributed by atoms with Gasteiger partial charge in [-0.25, -0.2) is 9.97 Å². The van der Waals surface area contributed by atoms with Crippen molar-refractivity contribution in [2.75, 3.05) is 5.32 Å². The van der Waals surface area contributed by atoms with Crippen LogP contribution >= 0.6 is 11.6 Å². The van der Waals surface area contributed by atoms with E-state index in [1.165, 1.54) is 6.33 Å². The van der Waals surface area contributed by atoms with Crippen molar-refractivity contribution in [2.45, 2.75) is 33.6 Å². The maximum absolute atomic E-state index is 12.2. The fraction of sp³-hybridized carbons (Fsp3) is 0.353. The van der Waals surface area contributed by atoms with Crippen LogP contribution in [0.25, 0.3) is 0 Å². The maximum Gasteiger partial charge on any atom is 0.230 e. The standard InChI is InChI=1S/C17H20ClN3O/c1-11(2)7-13-8-16(20-10-19-13)21-17(22)9-14-12(3)5-4-6-15(14)18/h4-6,8,10-11H,7,9H2,1-3H3,(H,19,20,21,22). The lowest BCUT2D eigenvalue weighted by Gasteiger charge is -2.10. The third kappa shape index (κ3) is 4.53.